The average molecular weight is 263 g/mol. The zero-order valence-electron chi connectivity index (χ0n) is 11.7. The first kappa shape index (κ1) is 15.5. The largest absolute Gasteiger partial charge is 0.372 e. The third-order valence-corrected chi connectivity index (χ3v) is 3.04. The molecule has 1 N–H and O–H groups in total. The van der Waals surface area contributed by atoms with Crippen molar-refractivity contribution in [1.29, 1.82) is 5.26 Å². The van der Waals surface area contributed by atoms with Gasteiger partial charge in [-0.1, -0.05) is 13.0 Å². The van der Waals surface area contributed by atoms with Gasteiger partial charge in [-0.2, -0.15) is 5.26 Å². The standard InChI is InChI=1S/C15H22FN3/c1-3-9-18-14(12-17)8-10-19(4-2)15-7-5-6-13(16)11-15/h5-7,11,14,18H,3-4,8-10H2,1-2H3. The average Bonchev–Trinajstić information content (AvgIpc) is 2.43. The molecule has 1 atom stereocenters. The molecule has 4 heteroatoms. The van der Waals surface area contributed by atoms with Crippen LogP contribution in [-0.2, 0) is 0 Å². The lowest BCUT2D eigenvalue weighted by Gasteiger charge is -2.24. The molecule has 104 valence electrons. The molecule has 0 fully saturated rings. The Hall–Kier alpha value is -1.60. The van der Waals surface area contributed by atoms with Crippen LogP contribution < -0.4 is 10.2 Å². The lowest BCUT2D eigenvalue weighted by atomic mass is 10.2. The second kappa shape index (κ2) is 8.49. The third kappa shape index (κ3) is 5.27. The van der Waals surface area contributed by atoms with E-state index in [9.17, 15) is 4.39 Å². The Morgan fingerprint density at radius 1 is 1.42 bits per heavy atom. The Morgan fingerprint density at radius 2 is 2.21 bits per heavy atom. The first-order chi connectivity index (χ1) is 9.21. The molecule has 0 aliphatic heterocycles. The fraction of sp³-hybridized carbons (Fsp3) is 0.533. The highest BCUT2D eigenvalue weighted by Gasteiger charge is 2.10. The predicted molar refractivity (Wildman–Crippen MR) is 76.6 cm³/mol. The number of hydrogen-bond donors (Lipinski definition) is 1. The van der Waals surface area contributed by atoms with Gasteiger partial charge in [0.2, 0.25) is 0 Å². The fourth-order valence-corrected chi connectivity index (χ4v) is 1.96. The number of hydrogen-bond acceptors (Lipinski definition) is 3. The molecule has 3 nitrogen and oxygen atoms in total. The summed E-state index contributed by atoms with van der Waals surface area (Å²) in [6, 6.07) is 8.71. The van der Waals surface area contributed by atoms with Crippen molar-refractivity contribution in [3.63, 3.8) is 0 Å². The lowest BCUT2D eigenvalue weighted by Crippen LogP contribution is -2.34. The Kier molecular flexibility index (Phi) is 6.91. The summed E-state index contributed by atoms with van der Waals surface area (Å²) < 4.78 is 13.2. The minimum atomic E-state index is -0.225. The Bertz CT molecular complexity index is 414. The molecule has 0 bridgehead atoms. The summed E-state index contributed by atoms with van der Waals surface area (Å²) in [4.78, 5) is 2.08. The second-order valence-electron chi connectivity index (χ2n) is 4.48. The van der Waals surface area contributed by atoms with Gasteiger partial charge in [0, 0.05) is 18.8 Å². The summed E-state index contributed by atoms with van der Waals surface area (Å²) in [5.74, 6) is -0.225. The smallest absolute Gasteiger partial charge is 0.125 e. The van der Waals surface area contributed by atoms with Gasteiger partial charge in [-0.05, 0) is 44.5 Å². The van der Waals surface area contributed by atoms with E-state index in [2.05, 4.69) is 23.2 Å². The van der Waals surface area contributed by atoms with E-state index >= 15 is 0 Å². The van der Waals surface area contributed by atoms with Crippen LogP contribution in [0.3, 0.4) is 0 Å². The number of rotatable bonds is 8. The molecule has 0 saturated heterocycles. The van der Waals surface area contributed by atoms with Crippen molar-refractivity contribution in [1.82, 2.24) is 5.32 Å². The van der Waals surface area contributed by atoms with Gasteiger partial charge in [-0.25, -0.2) is 4.39 Å². The maximum atomic E-state index is 13.2. The van der Waals surface area contributed by atoms with Crippen molar-refractivity contribution in [3.05, 3.63) is 30.1 Å². The normalized spacial score (nSPS) is 11.9. The topological polar surface area (TPSA) is 39.1 Å². The van der Waals surface area contributed by atoms with Crippen molar-refractivity contribution in [3.8, 4) is 6.07 Å². The fourth-order valence-electron chi connectivity index (χ4n) is 1.96. The maximum absolute atomic E-state index is 13.2. The van der Waals surface area contributed by atoms with Crippen LogP contribution in [0.25, 0.3) is 0 Å². The molecule has 1 aromatic rings. The molecule has 1 aromatic carbocycles. The summed E-state index contributed by atoms with van der Waals surface area (Å²) >= 11 is 0. The number of nitrogens with zero attached hydrogens (tertiary/aromatic N) is 2. The summed E-state index contributed by atoms with van der Waals surface area (Å²) in [7, 11) is 0. The van der Waals surface area contributed by atoms with Crippen molar-refractivity contribution in [2.45, 2.75) is 32.7 Å². The number of nitrogens with one attached hydrogen (secondary N) is 1. The molecular formula is C15H22FN3. The highest BCUT2D eigenvalue weighted by molar-refractivity contribution is 5.46. The van der Waals surface area contributed by atoms with Gasteiger partial charge in [0.15, 0.2) is 0 Å². The van der Waals surface area contributed by atoms with Crippen LogP contribution in [0.15, 0.2) is 24.3 Å². The Balaban J connectivity index is 2.55. The van der Waals surface area contributed by atoms with Crippen LogP contribution in [0.1, 0.15) is 26.7 Å². The van der Waals surface area contributed by atoms with Crippen LogP contribution in [0.4, 0.5) is 10.1 Å². The molecule has 0 aliphatic carbocycles. The molecule has 0 heterocycles. The van der Waals surface area contributed by atoms with Crippen LogP contribution in [0.5, 0.6) is 0 Å². The van der Waals surface area contributed by atoms with E-state index in [0.29, 0.717) is 0 Å². The number of halogens is 1. The number of nitriles is 1. The summed E-state index contributed by atoms with van der Waals surface area (Å²) in [6.45, 7) is 6.51. The molecule has 0 amide bonds. The van der Waals surface area contributed by atoms with E-state index in [4.69, 9.17) is 5.26 Å². The molecule has 0 spiro atoms. The van der Waals surface area contributed by atoms with E-state index in [1.807, 2.05) is 13.0 Å². The van der Waals surface area contributed by atoms with Crippen LogP contribution in [-0.4, -0.2) is 25.7 Å². The van der Waals surface area contributed by atoms with E-state index in [0.717, 1.165) is 38.2 Å². The molecule has 1 rings (SSSR count). The van der Waals surface area contributed by atoms with Crippen LogP contribution in [0, 0.1) is 17.1 Å². The summed E-state index contributed by atoms with van der Waals surface area (Å²) in [5.41, 5.74) is 0.870. The highest BCUT2D eigenvalue weighted by Crippen LogP contribution is 2.15. The highest BCUT2D eigenvalue weighted by atomic mass is 19.1. The van der Waals surface area contributed by atoms with Gasteiger partial charge in [-0.15, -0.1) is 0 Å². The Morgan fingerprint density at radius 3 is 2.79 bits per heavy atom. The molecule has 0 saturated carbocycles. The van der Waals surface area contributed by atoms with Gasteiger partial charge in [0.25, 0.3) is 0 Å². The van der Waals surface area contributed by atoms with E-state index in [1.165, 1.54) is 12.1 Å². The molecule has 0 aliphatic rings. The van der Waals surface area contributed by atoms with Crippen molar-refractivity contribution in [2.24, 2.45) is 0 Å². The molecule has 0 aromatic heterocycles. The molecule has 1 unspecified atom stereocenters. The van der Waals surface area contributed by atoms with Crippen LogP contribution >= 0.6 is 0 Å². The van der Waals surface area contributed by atoms with E-state index in [-0.39, 0.29) is 11.9 Å². The SMILES string of the molecule is CCCNC(C#N)CCN(CC)c1cccc(F)c1. The quantitative estimate of drug-likeness (QED) is 0.783. The minimum absolute atomic E-state index is 0.137. The number of anilines is 1. The maximum Gasteiger partial charge on any atom is 0.125 e. The Labute approximate surface area is 115 Å². The zero-order valence-corrected chi connectivity index (χ0v) is 11.7. The van der Waals surface area contributed by atoms with E-state index < -0.39 is 0 Å². The van der Waals surface area contributed by atoms with Gasteiger partial charge >= 0.3 is 0 Å². The van der Waals surface area contributed by atoms with Gasteiger partial charge in [-0.3, -0.25) is 0 Å². The summed E-state index contributed by atoms with van der Waals surface area (Å²) in [6.07, 6.45) is 1.75. The van der Waals surface area contributed by atoms with Gasteiger partial charge in [0.1, 0.15) is 5.82 Å². The van der Waals surface area contributed by atoms with Gasteiger partial charge in [0.05, 0.1) is 12.1 Å². The zero-order chi connectivity index (χ0) is 14.1. The number of benzene rings is 1. The second-order valence-corrected chi connectivity index (χ2v) is 4.48. The third-order valence-electron chi connectivity index (χ3n) is 3.04. The molecular weight excluding hydrogens is 241 g/mol. The monoisotopic (exact) mass is 263 g/mol. The van der Waals surface area contributed by atoms with Crippen molar-refractivity contribution >= 4 is 5.69 Å². The van der Waals surface area contributed by atoms with Crippen molar-refractivity contribution in [2.75, 3.05) is 24.5 Å². The van der Waals surface area contributed by atoms with Crippen molar-refractivity contribution < 1.29 is 4.39 Å². The molecule has 19 heavy (non-hydrogen) atoms. The van der Waals surface area contributed by atoms with Gasteiger partial charge < -0.3 is 10.2 Å². The molecule has 0 radical (unpaired) electrons. The first-order valence-electron chi connectivity index (χ1n) is 6.84. The first-order valence-corrected chi connectivity index (χ1v) is 6.84. The van der Waals surface area contributed by atoms with Crippen LogP contribution in [0.2, 0.25) is 0 Å². The minimum Gasteiger partial charge on any atom is -0.372 e. The lowest BCUT2D eigenvalue weighted by molar-refractivity contribution is 0.556. The summed E-state index contributed by atoms with van der Waals surface area (Å²) in [5, 5.41) is 12.3. The van der Waals surface area contributed by atoms with E-state index in [1.54, 1.807) is 6.07 Å². The predicted octanol–water partition coefficient (Wildman–Crippen LogP) is 2.93.